The van der Waals surface area contributed by atoms with E-state index in [9.17, 15) is 4.79 Å². The maximum Gasteiger partial charge on any atom is 0.243 e. The number of hydrazine groups is 1. The van der Waals surface area contributed by atoms with Crippen LogP contribution < -0.4 is 27.2 Å². The minimum atomic E-state index is -0.698. The van der Waals surface area contributed by atoms with Gasteiger partial charge in [-0.15, -0.1) is 0 Å². The molecule has 1 aliphatic heterocycles. The van der Waals surface area contributed by atoms with Crippen LogP contribution in [0.15, 0.2) is 0 Å². The summed E-state index contributed by atoms with van der Waals surface area (Å²) in [5.74, 6) is 6.24. The largest absolute Gasteiger partial charge is 0.369 e. The molecular formula is C12H22N8O. The normalized spacial score (nSPS) is 15.1. The summed E-state index contributed by atoms with van der Waals surface area (Å²) in [4.78, 5) is 26.2. The highest BCUT2D eigenvalue weighted by Crippen LogP contribution is 2.19. The molecule has 0 aromatic carbocycles. The number of nitrogens with zero attached hydrogens (tertiary/aromatic N) is 4. The zero-order valence-electron chi connectivity index (χ0n) is 12.4. The van der Waals surface area contributed by atoms with Crippen LogP contribution in [-0.2, 0) is 4.79 Å². The van der Waals surface area contributed by atoms with Crippen molar-refractivity contribution in [1.82, 2.24) is 15.0 Å². The van der Waals surface area contributed by atoms with Crippen LogP contribution in [0.25, 0.3) is 0 Å². The predicted octanol–water partition coefficient (Wildman–Crippen LogP) is -0.319. The lowest BCUT2D eigenvalue weighted by Gasteiger charge is -2.21. The Morgan fingerprint density at radius 1 is 1.24 bits per heavy atom. The molecule has 1 saturated heterocycles. The van der Waals surface area contributed by atoms with Gasteiger partial charge in [-0.2, -0.15) is 15.0 Å². The highest BCUT2D eigenvalue weighted by Gasteiger charge is 2.25. The average Bonchev–Trinajstić information content (AvgIpc) is 2.99. The van der Waals surface area contributed by atoms with Gasteiger partial charge in [-0.1, -0.05) is 0 Å². The number of primary amides is 1. The Morgan fingerprint density at radius 3 is 2.43 bits per heavy atom. The number of carbonyl (C=O) groups excluding carboxylic acids is 1. The van der Waals surface area contributed by atoms with Gasteiger partial charge in [-0.3, -0.25) is 10.2 Å². The Labute approximate surface area is 123 Å². The maximum atomic E-state index is 11.3. The monoisotopic (exact) mass is 294 g/mol. The molecule has 1 aromatic rings. The fraction of sp³-hybridized carbons (Fsp3) is 0.667. The maximum absolute atomic E-state index is 11.3. The fourth-order valence-electron chi connectivity index (χ4n) is 1.95. The summed E-state index contributed by atoms with van der Waals surface area (Å²) < 4.78 is 0. The van der Waals surface area contributed by atoms with E-state index in [-0.39, 0.29) is 11.9 Å². The van der Waals surface area contributed by atoms with Crippen molar-refractivity contribution in [3.63, 3.8) is 0 Å². The zero-order valence-corrected chi connectivity index (χ0v) is 12.4. The van der Waals surface area contributed by atoms with Gasteiger partial charge in [-0.05, 0) is 26.7 Å². The second-order valence-corrected chi connectivity index (χ2v) is 5.72. The lowest BCUT2D eigenvalue weighted by Crippen LogP contribution is -2.37. The van der Waals surface area contributed by atoms with Gasteiger partial charge in [0, 0.05) is 19.6 Å². The third kappa shape index (κ3) is 3.69. The molecule has 9 heteroatoms. The number of carbonyl (C=O) groups is 1. The van der Waals surface area contributed by atoms with Crippen molar-refractivity contribution < 1.29 is 4.79 Å². The van der Waals surface area contributed by atoms with E-state index in [4.69, 9.17) is 11.6 Å². The van der Waals surface area contributed by atoms with Crippen molar-refractivity contribution in [3.8, 4) is 0 Å². The van der Waals surface area contributed by atoms with Gasteiger partial charge in [0.1, 0.15) is 0 Å². The third-order valence-corrected chi connectivity index (χ3v) is 3.50. The molecule has 0 radical (unpaired) electrons. The summed E-state index contributed by atoms with van der Waals surface area (Å²) in [6.45, 7) is 5.68. The summed E-state index contributed by atoms with van der Waals surface area (Å²) in [5.41, 5.74) is 7.08. The van der Waals surface area contributed by atoms with Gasteiger partial charge in [0.2, 0.25) is 23.8 Å². The Kier molecular flexibility index (Phi) is 4.41. The van der Waals surface area contributed by atoms with E-state index in [1.165, 1.54) is 0 Å². The average molecular weight is 294 g/mol. The smallest absolute Gasteiger partial charge is 0.243 e. The summed E-state index contributed by atoms with van der Waals surface area (Å²) in [5, 5.41) is 3.02. The highest BCUT2D eigenvalue weighted by molar-refractivity contribution is 5.80. The van der Waals surface area contributed by atoms with Crippen molar-refractivity contribution in [2.45, 2.75) is 26.7 Å². The van der Waals surface area contributed by atoms with Gasteiger partial charge in [-0.25, -0.2) is 5.84 Å². The summed E-state index contributed by atoms with van der Waals surface area (Å²) >= 11 is 0. The molecule has 21 heavy (non-hydrogen) atoms. The minimum absolute atomic E-state index is 0.284. The van der Waals surface area contributed by atoms with Crippen molar-refractivity contribution >= 4 is 23.8 Å². The lowest BCUT2D eigenvalue weighted by atomic mass is 9.93. The van der Waals surface area contributed by atoms with Crippen LogP contribution >= 0.6 is 0 Å². The summed E-state index contributed by atoms with van der Waals surface area (Å²) in [7, 11) is 0. The Morgan fingerprint density at radius 2 is 1.86 bits per heavy atom. The number of hydrogen-bond donors (Lipinski definition) is 4. The van der Waals surface area contributed by atoms with Gasteiger partial charge < -0.3 is 16.0 Å². The molecule has 0 aliphatic carbocycles. The first kappa shape index (κ1) is 15.2. The number of aromatic nitrogens is 3. The van der Waals surface area contributed by atoms with Crippen LogP contribution in [0, 0.1) is 5.41 Å². The number of nitrogens with one attached hydrogen (secondary N) is 2. The quantitative estimate of drug-likeness (QED) is 0.414. The summed E-state index contributed by atoms with van der Waals surface area (Å²) in [6.07, 6.45) is 2.24. The second kappa shape index (κ2) is 6.08. The van der Waals surface area contributed by atoms with E-state index in [2.05, 4.69) is 30.6 Å². The topological polar surface area (TPSA) is 135 Å². The van der Waals surface area contributed by atoms with Crippen molar-refractivity contribution in [3.05, 3.63) is 0 Å². The fourth-order valence-corrected chi connectivity index (χ4v) is 1.95. The minimum Gasteiger partial charge on any atom is -0.369 e. The van der Waals surface area contributed by atoms with Crippen LogP contribution in [0.3, 0.4) is 0 Å². The molecule has 1 aliphatic rings. The summed E-state index contributed by atoms with van der Waals surface area (Å²) in [6, 6.07) is 0. The van der Waals surface area contributed by atoms with E-state index < -0.39 is 5.41 Å². The Hall–Kier alpha value is -2.16. The number of hydrogen-bond acceptors (Lipinski definition) is 8. The molecule has 0 bridgehead atoms. The first-order chi connectivity index (χ1) is 9.92. The molecule has 1 amide bonds. The predicted molar refractivity (Wildman–Crippen MR) is 80.5 cm³/mol. The van der Waals surface area contributed by atoms with Crippen molar-refractivity contribution in [1.29, 1.82) is 0 Å². The SMILES string of the molecule is CC(C)(CNc1nc(NN)nc(N2CCCC2)n1)C(N)=O. The molecule has 0 atom stereocenters. The van der Waals surface area contributed by atoms with Crippen molar-refractivity contribution in [2.24, 2.45) is 17.0 Å². The highest BCUT2D eigenvalue weighted by atomic mass is 16.1. The van der Waals surface area contributed by atoms with Crippen LogP contribution in [0.5, 0.6) is 0 Å². The third-order valence-electron chi connectivity index (χ3n) is 3.50. The van der Waals surface area contributed by atoms with Crippen LogP contribution in [0.4, 0.5) is 17.8 Å². The molecule has 1 fully saturated rings. The molecule has 2 rings (SSSR count). The van der Waals surface area contributed by atoms with Crippen LogP contribution in [0.2, 0.25) is 0 Å². The van der Waals surface area contributed by atoms with Gasteiger partial charge in [0.25, 0.3) is 0 Å². The second-order valence-electron chi connectivity index (χ2n) is 5.72. The van der Waals surface area contributed by atoms with E-state index in [0.29, 0.717) is 18.4 Å². The first-order valence-corrected chi connectivity index (χ1v) is 6.94. The van der Waals surface area contributed by atoms with Gasteiger partial charge in [0.05, 0.1) is 5.41 Å². The van der Waals surface area contributed by atoms with Gasteiger partial charge in [0.15, 0.2) is 0 Å². The van der Waals surface area contributed by atoms with E-state index in [0.717, 1.165) is 25.9 Å². The number of nitrogens with two attached hydrogens (primary N) is 2. The molecule has 0 spiro atoms. The number of amides is 1. The van der Waals surface area contributed by atoms with E-state index in [1.807, 2.05) is 0 Å². The van der Waals surface area contributed by atoms with Crippen molar-refractivity contribution in [2.75, 3.05) is 35.3 Å². The van der Waals surface area contributed by atoms with E-state index >= 15 is 0 Å². The number of rotatable bonds is 6. The molecule has 0 unspecified atom stereocenters. The molecule has 9 nitrogen and oxygen atoms in total. The first-order valence-electron chi connectivity index (χ1n) is 6.94. The number of nitrogen functional groups attached to an aromatic ring is 1. The molecule has 2 heterocycles. The molecular weight excluding hydrogens is 272 g/mol. The molecule has 1 aromatic heterocycles. The standard InChI is InChI=1S/C12H22N8O/c1-12(2,8(13)21)7-15-9-16-10(19-14)18-11(17-9)20-5-3-4-6-20/h3-7,14H2,1-2H3,(H2,13,21)(H2,15,16,17,18,19). The Balaban J connectivity index is 2.15. The number of anilines is 3. The molecule has 0 saturated carbocycles. The lowest BCUT2D eigenvalue weighted by molar-refractivity contribution is -0.125. The van der Waals surface area contributed by atoms with Crippen LogP contribution in [-0.4, -0.2) is 40.5 Å². The Bertz CT molecular complexity index is 512. The van der Waals surface area contributed by atoms with Gasteiger partial charge >= 0.3 is 0 Å². The van der Waals surface area contributed by atoms with E-state index in [1.54, 1.807) is 13.8 Å². The van der Waals surface area contributed by atoms with Crippen LogP contribution in [0.1, 0.15) is 26.7 Å². The zero-order chi connectivity index (χ0) is 15.5. The molecule has 6 N–H and O–H groups in total. The molecule has 116 valence electrons.